The Morgan fingerprint density at radius 1 is 1.07 bits per heavy atom. The lowest BCUT2D eigenvalue weighted by Crippen LogP contribution is -2.49. The van der Waals surface area contributed by atoms with Crippen molar-refractivity contribution in [3.05, 3.63) is 58.1 Å². The number of thiocarbonyl (C=S) groups is 1. The lowest BCUT2D eigenvalue weighted by molar-refractivity contribution is -0.123. The van der Waals surface area contributed by atoms with Crippen molar-refractivity contribution >= 4 is 45.1 Å². The monoisotopic (exact) mass is 493 g/mol. The number of nitrogens with one attached hydrogen (secondary N) is 3. The third-order valence-corrected chi connectivity index (χ3v) is 4.39. The van der Waals surface area contributed by atoms with E-state index in [0.717, 1.165) is 10.0 Å². The minimum atomic E-state index is -0.460. The molecular weight excluding hydrogens is 470 g/mol. The molecule has 2 amide bonds. The van der Waals surface area contributed by atoms with E-state index in [1.807, 2.05) is 32.9 Å². The predicted octanol–water partition coefficient (Wildman–Crippen LogP) is 3.51. The number of benzene rings is 2. The van der Waals surface area contributed by atoms with Gasteiger partial charge in [0.2, 0.25) is 0 Å². The Labute approximate surface area is 189 Å². The molecule has 0 saturated carbocycles. The smallest absolute Gasteiger partial charge is 0.276 e. The van der Waals surface area contributed by atoms with Crippen molar-refractivity contribution < 1.29 is 19.1 Å². The summed E-state index contributed by atoms with van der Waals surface area (Å²) >= 11 is 8.42. The summed E-state index contributed by atoms with van der Waals surface area (Å²) in [5.41, 5.74) is 6.27. The van der Waals surface area contributed by atoms with Crippen molar-refractivity contribution in [2.45, 2.75) is 20.8 Å². The largest absolute Gasteiger partial charge is 0.492 e. The Hall–Kier alpha value is -2.65. The van der Waals surface area contributed by atoms with Crippen LogP contribution in [0.4, 0.5) is 0 Å². The number of hydrogen-bond donors (Lipinski definition) is 3. The third-order valence-electron chi connectivity index (χ3n) is 3.69. The Morgan fingerprint density at radius 2 is 1.77 bits per heavy atom. The van der Waals surface area contributed by atoms with Crippen LogP contribution in [0.1, 0.15) is 29.8 Å². The van der Waals surface area contributed by atoms with Crippen LogP contribution in [0.2, 0.25) is 0 Å². The molecule has 9 heteroatoms. The molecule has 2 aromatic carbocycles. The second-order valence-corrected chi connectivity index (χ2v) is 8.23. The van der Waals surface area contributed by atoms with E-state index in [9.17, 15) is 9.59 Å². The van der Waals surface area contributed by atoms with E-state index >= 15 is 0 Å². The van der Waals surface area contributed by atoms with E-state index in [2.05, 4.69) is 32.1 Å². The highest BCUT2D eigenvalue weighted by Crippen LogP contribution is 2.23. The molecule has 0 aliphatic heterocycles. The second-order valence-electron chi connectivity index (χ2n) is 6.90. The fourth-order valence-corrected chi connectivity index (χ4v) is 2.71. The van der Waals surface area contributed by atoms with Crippen molar-refractivity contribution in [1.29, 1.82) is 0 Å². The van der Waals surface area contributed by atoms with Crippen LogP contribution in [0.25, 0.3) is 0 Å². The van der Waals surface area contributed by atoms with Crippen molar-refractivity contribution in [1.82, 2.24) is 16.2 Å². The molecule has 0 spiro atoms. The molecule has 0 radical (unpaired) electrons. The molecule has 0 fully saturated rings. The number of rotatable bonds is 7. The number of aryl methyl sites for hydroxylation is 1. The highest BCUT2D eigenvalue weighted by atomic mass is 79.9. The first-order chi connectivity index (χ1) is 14.2. The van der Waals surface area contributed by atoms with Gasteiger partial charge in [0.25, 0.3) is 11.8 Å². The first-order valence-electron chi connectivity index (χ1n) is 9.26. The summed E-state index contributed by atoms with van der Waals surface area (Å²) in [6, 6.07) is 12.5. The Morgan fingerprint density at radius 3 is 2.43 bits per heavy atom. The Bertz CT molecular complexity index is 904. The molecule has 0 unspecified atom stereocenters. The second kappa shape index (κ2) is 11.5. The lowest BCUT2D eigenvalue weighted by atomic mass is 10.2. The highest BCUT2D eigenvalue weighted by molar-refractivity contribution is 9.10. The maximum Gasteiger partial charge on any atom is 0.276 e. The molecule has 0 aliphatic carbocycles. The molecule has 0 aromatic heterocycles. The molecule has 0 atom stereocenters. The lowest BCUT2D eigenvalue weighted by Gasteiger charge is -2.15. The molecule has 0 saturated heterocycles. The van der Waals surface area contributed by atoms with Gasteiger partial charge in [-0.1, -0.05) is 47.5 Å². The van der Waals surface area contributed by atoms with Crippen LogP contribution >= 0.6 is 28.1 Å². The number of amides is 2. The molecule has 160 valence electrons. The van der Waals surface area contributed by atoms with Gasteiger partial charge in [0.15, 0.2) is 11.7 Å². The summed E-state index contributed by atoms with van der Waals surface area (Å²) in [6.45, 7) is 6.27. The van der Waals surface area contributed by atoms with Crippen LogP contribution in [0, 0.1) is 12.8 Å². The number of hydrogen-bond acceptors (Lipinski definition) is 5. The zero-order valence-corrected chi connectivity index (χ0v) is 19.4. The van der Waals surface area contributed by atoms with Crippen LogP contribution in [0.5, 0.6) is 11.5 Å². The number of ether oxygens (including phenoxy) is 2. The van der Waals surface area contributed by atoms with Gasteiger partial charge in [0.1, 0.15) is 11.5 Å². The van der Waals surface area contributed by atoms with Crippen LogP contribution in [0.3, 0.4) is 0 Å². The summed E-state index contributed by atoms with van der Waals surface area (Å²) in [5, 5.41) is 2.45. The van der Waals surface area contributed by atoms with E-state index < -0.39 is 11.8 Å². The number of halogens is 1. The molecule has 2 aromatic rings. The molecule has 0 heterocycles. The first-order valence-corrected chi connectivity index (χ1v) is 10.5. The highest BCUT2D eigenvalue weighted by Gasteiger charge is 2.15. The number of carbonyl (C=O) groups is 2. The van der Waals surface area contributed by atoms with Crippen LogP contribution in [-0.4, -0.2) is 30.1 Å². The number of carbonyl (C=O) groups excluding carboxylic acids is 2. The Balaban J connectivity index is 1.84. The average Bonchev–Trinajstić information content (AvgIpc) is 2.70. The third kappa shape index (κ3) is 8.00. The van der Waals surface area contributed by atoms with Crippen LogP contribution in [0.15, 0.2) is 46.9 Å². The van der Waals surface area contributed by atoms with E-state index in [1.54, 1.807) is 30.3 Å². The maximum atomic E-state index is 12.6. The van der Waals surface area contributed by atoms with Crippen molar-refractivity contribution in [2.24, 2.45) is 5.92 Å². The van der Waals surface area contributed by atoms with E-state index in [0.29, 0.717) is 29.6 Å². The molecule has 0 bridgehead atoms. The van der Waals surface area contributed by atoms with Gasteiger partial charge < -0.3 is 9.47 Å². The van der Waals surface area contributed by atoms with Gasteiger partial charge in [-0.25, -0.2) is 0 Å². The van der Waals surface area contributed by atoms with Gasteiger partial charge in [0, 0.05) is 4.47 Å². The Kier molecular flexibility index (Phi) is 9.07. The van der Waals surface area contributed by atoms with Gasteiger partial charge in [-0.15, -0.1) is 0 Å². The first kappa shape index (κ1) is 23.6. The fourth-order valence-electron chi connectivity index (χ4n) is 2.21. The van der Waals surface area contributed by atoms with Crippen LogP contribution in [-0.2, 0) is 4.79 Å². The predicted molar refractivity (Wildman–Crippen MR) is 122 cm³/mol. The molecule has 2 rings (SSSR count). The van der Waals surface area contributed by atoms with Crippen molar-refractivity contribution in [3.8, 4) is 11.5 Å². The molecular formula is C21H24BrN3O4S. The summed E-state index contributed by atoms with van der Waals surface area (Å²) < 4.78 is 11.8. The van der Waals surface area contributed by atoms with Gasteiger partial charge in [-0.3, -0.25) is 25.8 Å². The maximum absolute atomic E-state index is 12.6. The average molecular weight is 494 g/mol. The van der Waals surface area contributed by atoms with E-state index in [4.69, 9.17) is 21.7 Å². The van der Waals surface area contributed by atoms with Crippen LogP contribution < -0.4 is 25.6 Å². The normalized spacial score (nSPS) is 10.3. The van der Waals surface area contributed by atoms with Crippen molar-refractivity contribution in [2.75, 3.05) is 13.2 Å². The fraction of sp³-hybridized carbons (Fsp3) is 0.286. The zero-order valence-electron chi connectivity index (χ0n) is 17.0. The minimum Gasteiger partial charge on any atom is -0.492 e. The van der Waals surface area contributed by atoms with Gasteiger partial charge in [0.05, 0.1) is 12.2 Å². The topological polar surface area (TPSA) is 88.7 Å². The van der Waals surface area contributed by atoms with Gasteiger partial charge in [-0.05, 0) is 55.4 Å². The summed E-state index contributed by atoms with van der Waals surface area (Å²) in [5.74, 6) is 0.427. The standard InChI is InChI=1S/C21H24BrN3O4S/c1-13(2)11-29-18-9-6-15(22)10-17(18)20(27)23-21(30)25-24-19(26)12-28-16-7-4-14(3)5-8-16/h4-10,13H,11-12H2,1-3H3,(H,24,26)(H2,23,25,27,30). The minimum absolute atomic E-state index is 0.0570. The molecule has 7 nitrogen and oxygen atoms in total. The van der Waals surface area contributed by atoms with Gasteiger partial charge >= 0.3 is 0 Å². The van der Waals surface area contributed by atoms with Crippen molar-refractivity contribution in [3.63, 3.8) is 0 Å². The molecule has 0 aliphatic rings. The zero-order chi connectivity index (χ0) is 22.1. The van der Waals surface area contributed by atoms with E-state index in [-0.39, 0.29) is 11.7 Å². The number of hydrazine groups is 1. The summed E-state index contributed by atoms with van der Waals surface area (Å²) in [6.07, 6.45) is 0. The van der Waals surface area contributed by atoms with E-state index in [1.165, 1.54) is 0 Å². The SMILES string of the molecule is Cc1ccc(OCC(=O)NNC(=S)NC(=O)c2cc(Br)ccc2OCC(C)C)cc1. The quantitative estimate of drug-likeness (QED) is 0.404. The summed E-state index contributed by atoms with van der Waals surface area (Å²) in [7, 11) is 0. The molecule has 30 heavy (non-hydrogen) atoms. The molecule has 3 N–H and O–H groups in total. The van der Waals surface area contributed by atoms with Gasteiger partial charge in [-0.2, -0.15) is 0 Å². The summed E-state index contributed by atoms with van der Waals surface area (Å²) in [4.78, 5) is 24.5.